The number of pyridine rings is 1. The highest BCUT2D eigenvalue weighted by Gasteiger charge is 2.13. The summed E-state index contributed by atoms with van der Waals surface area (Å²) < 4.78 is 1.34. The van der Waals surface area contributed by atoms with Crippen molar-refractivity contribution < 1.29 is 9.72 Å². The maximum Gasteiger partial charge on any atom is 0.332 e. The minimum atomic E-state index is -0.747. The molecule has 1 aromatic heterocycles. The quantitative estimate of drug-likeness (QED) is 0.486. The molecule has 1 amide bonds. The molecule has 0 saturated heterocycles. The smallest absolute Gasteiger partial charge is 0.332 e. The fourth-order valence-electron chi connectivity index (χ4n) is 2.30. The van der Waals surface area contributed by atoms with Crippen molar-refractivity contribution in [3.63, 3.8) is 0 Å². The molecule has 0 bridgehead atoms. The molecule has 112 valence electrons. The van der Waals surface area contributed by atoms with Gasteiger partial charge >= 0.3 is 5.69 Å². The van der Waals surface area contributed by atoms with Crippen LogP contribution in [0.4, 0.5) is 5.69 Å². The summed E-state index contributed by atoms with van der Waals surface area (Å²) in [6, 6.07) is 1.09. The van der Waals surface area contributed by atoms with Gasteiger partial charge in [-0.1, -0.05) is 11.6 Å². The second-order valence-electron chi connectivity index (χ2n) is 4.98. The van der Waals surface area contributed by atoms with Crippen LogP contribution in [0.3, 0.4) is 0 Å². The third kappa shape index (κ3) is 4.27. The lowest BCUT2D eigenvalue weighted by molar-refractivity contribution is -0.386. The number of carbonyl (C=O) groups excluding carboxylic acids is 1. The van der Waals surface area contributed by atoms with Crippen LogP contribution < -0.4 is 10.7 Å². The van der Waals surface area contributed by atoms with E-state index in [-0.39, 0.29) is 12.5 Å². The molecule has 1 aliphatic rings. The Morgan fingerprint density at radius 3 is 2.95 bits per heavy atom. The summed E-state index contributed by atoms with van der Waals surface area (Å²) >= 11 is 0. The largest absolute Gasteiger partial charge is 0.354 e. The molecule has 21 heavy (non-hydrogen) atoms. The third-order valence-electron chi connectivity index (χ3n) is 3.38. The Balaban J connectivity index is 1.86. The number of allylic oxidation sites excluding steroid dienone is 1. The lowest BCUT2D eigenvalue weighted by Crippen LogP contribution is -2.29. The number of carbonyl (C=O) groups is 1. The molecule has 1 aliphatic carbocycles. The zero-order chi connectivity index (χ0) is 15.2. The summed E-state index contributed by atoms with van der Waals surface area (Å²) in [5.41, 5.74) is 0.181. The SMILES string of the molecule is O=C(Cn1ccc(=O)c([N+](=O)[O-])c1)NCCC1=CCCC1. The van der Waals surface area contributed by atoms with E-state index in [2.05, 4.69) is 11.4 Å². The van der Waals surface area contributed by atoms with Crippen molar-refractivity contribution in [3.8, 4) is 0 Å². The van der Waals surface area contributed by atoms with Crippen LogP contribution in [0.2, 0.25) is 0 Å². The van der Waals surface area contributed by atoms with Gasteiger partial charge in [0.1, 0.15) is 6.54 Å². The molecule has 0 saturated carbocycles. The molecule has 0 radical (unpaired) electrons. The molecular formula is C14H17N3O4. The van der Waals surface area contributed by atoms with Gasteiger partial charge in [-0.25, -0.2) is 0 Å². The molecule has 7 nitrogen and oxygen atoms in total. The molecule has 0 aromatic carbocycles. The predicted octanol–water partition coefficient (Wildman–Crippen LogP) is 1.37. The van der Waals surface area contributed by atoms with Crippen LogP contribution in [0.1, 0.15) is 25.7 Å². The molecule has 7 heteroatoms. The number of nitrogens with one attached hydrogen (secondary N) is 1. The van der Waals surface area contributed by atoms with Gasteiger partial charge < -0.3 is 9.88 Å². The van der Waals surface area contributed by atoms with E-state index in [9.17, 15) is 19.7 Å². The van der Waals surface area contributed by atoms with Crippen molar-refractivity contribution in [1.82, 2.24) is 9.88 Å². The van der Waals surface area contributed by atoms with Crippen LogP contribution in [-0.4, -0.2) is 21.9 Å². The summed E-state index contributed by atoms with van der Waals surface area (Å²) in [7, 11) is 0. The summed E-state index contributed by atoms with van der Waals surface area (Å²) in [6.07, 6.45) is 8.90. The van der Waals surface area contributed by atoms with Crippen molar-refractivity contribution >= 4 is 11.6 Å². The van der Waals surface area contributed by atoms with E-state index in [1.54, 1.807) is 0 Å². The number of amides is 1. The predicted molar refractivity (Wildman–Crippen MR) is 76.9 cm³/mol. The van der Waals surface area contributed by atoms with Crippen molar-refractivity contribution in [2.45, 2.75) is 32.2 Å². The first kappa shape index (κ1) is 15.0. The molecule has 1 N–H and O–H groups in total. The van der Waals surface area contributed by atoms with Crippen LogP contribution in [0.25, 0.3) is 0 Å². The maximum absolute atomic E-state index is 11.8. The first-order valence-electron chi connectivity index (χ1n) is 6.85. The Hall–Kier alpha value is -2.44. The van der Waals surface area contributed by atoms with Gasteiger partial charge in [0.15, 0.2) is 0 Å². The lowest BCUT2D eigenvalue weighted by atomic mass is 10.2. The number of rotatable bonds is 6. The number of aromatic nitrogens is 1. The fourth-order valence-corrected chi connectivity index (χ4v) is 2.30. The first-order valence-corrected chi connectivity index (χ1v) is 6.85. The van der Waals surface area contributed by atoms with Crippen LogP contribution in [0, 0.1) is 10.1 Å². The Kier molecular flexibility index (Phi) is 4.86. The molecule has 1 aromatic rings. The molecule has 0 unspecified atom stereocenters. The average Bonchev–Trinajstić information content (AvgIpc) is 2.94. The third-order valence-corrected chi connectivity index (χ3v) is 3.38. The van der Waals surface area contributed by atoms with Crippen LogP contribution in [-0.2, 0) is 11.3 Å². The van der Waals surface area contributed by atoms with E-state index < -0.39 is 16.0 Å². The topological polar surface area (TPSA) is 94.2 Å². The molecular weight excluding hydrogens is 274 g/mol. The Bertz CT molecular complexity index is 633. The van der Waals surface area contributed by atoms with Crippen molar-refractivity contribution in [2.75, 3.05) is 6.54 Å². The van der Waals surface area contributed by atoms with Crippen molar-refractivity contribution in [1.29, 1.82) is 0 Å². The van der Waals surface area contributed by atoms with E-state index in [1.807, 2.05) is 0 Å². The second-order valence-corrected chi connectivity index (χ2v) is 4.98. The highest BCUT2D eigenvalue weighted by Crippen LogP contribution is 2.19. The molecule has 0 fully saturated rings. The summed E-state index contributed by atoms with van der Waals surface area (Å²) in [4.78, 5) is 32.9. The normalized spacial score (nSPS) is 13.8. The summed E-state index contributed by atoms with van der Waals surface area (Å²) in [5.74, 6) is -0.230. The van der Waals surface area contributed by atoms with Gasteiger partial charge in [0.2, 0.25) is 5.91 Å². The second kappa shape index (κ2) is 6.83. The van der Waals surface area contributed by atoms with E-state index in [1.165, 1.54) is 22.8 Å². The van der Waals surface area contributed by atoms with Gasteiger partial charge in [-0.15, -0.1) is 0 Å². The molecule has 0 aliphatic heterocycles. The van der Waals surface area contributed by atoms with E-state index in [0.29, 0.717) is 6.54 Å². The zero-order valence-corrected chi connectivity index (χ0v) is 11.6. The molecule has 0 atom stereocenters. The highest BCUT2D eigenvalue weighted by atomic mass is 16.6. The van der Waals surface area contributed by atoms with E-state index in [4.69, 9.17) is 0 Å². The number of hydrogen-bond acceptors (Lipinski definition) is 4. The van der Waals surface area contributed by atoms with E-state index in [0.717, 1.165) is 31.5 Å². The minimum absolute atomic E-state index is 0.0415. The monoisotopic (exact) mass is 291 g/mol. The van der Waals surface area contributed by atoms with Gasteiger partial charge in [0.05, 0.1) is 11.1 Å². The Morgan fingerprint density at radius 1 is 1.48 bits per heavy atom. The standard InChI is InChI=1S/C14H17N3O4/c18-13-6-8-16(9-12(13)17(20)21)10-14(19)15-7-5-11-3-1-2-4-11/h3,6,8-9H,1-2,4-5,7,10H2,(H,15,19). The number of nitro groups is 1. The minimum Gasteiger partial charge on any atom is -0.354 e. The Labute approximate surface area is 121 Å². The Morgan fingerprint density at radius 2 is 2.29 bits per heavy atom. The molecule has 1 heterocycles. The van der Waals surface area contributed by atoms with Crippen molar-refractivity contribution in [2.24, 2.45) is 0 Å². The van der Waals surface area contributed by atoms with Gasteiger partial charge in [-0.05, 0) is 25.7 Å². The maximum atomic E-state index is 11.8. The summed E-state index contributed by atoms with van der Waals surface area (Å²) in [5, 5.41) is 13.4. The van der Waals surface area contributed by atoms with Crippen LogP contribution >= 0.6 is 0 Å². The fraction of sp³-hybridized carbons (Fsp3) is 0.429. The zero-order valence-electron chi connectivity index (χ0n) is 11.6. The summed E-state index contributed by atoms with van der Waals surface area (Å²) in [6.45, 7) is 0.521. The van der Waals surface area contributed by atoms with Gasteiger partial charge in [0, 0.05) is 18.8 Å². The van der Waals surface area contributed by atoms with Crippen molar-refractivity contribution in [3.05, 3.63) is 50.4 Å². The molecule has 2 rings (SSSR count). The van der Waals surface area contributed by atoms with E-state index >= 15 is 0 Å². The van der Waals surface area contributed by atoms with Gasteiger partial charge in [-0.2, -0.15) is 0 Å². The van der Waals surface area contributed by atoms with Crippen LogP contribution in [0.5, 0.6) is 0 Å². The first-order chi connectivity index (χ1) is 10.1. The number of hydrogen-bond donors (Lipinski definition) is 1. The van der Waals surface area contributed by atoms with Crippen LogP contribution in [0.15, 0.2) is 34.9 Å². The molecule has 0 spiro atoms. The average molecular weight is 291 g/mol. The highest BCUT2D eigenvalue weighted by molar-refractivity contribution is 5.75. The lowest BCUT2D eigenvalue weighted by Gasteiger charge is -2.08. The van der Waals surface area contributed by atoms with Gasteiger partial charge in [0.25, 0.3) is 5.43 Å². The number of nitrogens with zero attached hydrogens (tertiary/aromatic N) is 2. The van der Waals surface area contributed by atoms with Gasteiger partial charge in [-0.3, -0.25) is 19.7 Å².